The van der Waals surface area contributed by atoms with Crippen molar-refractivity contribution in [2.45, 2.75) is 13.0 Å². The van der Waals surface area contributed by atoms with Crippen LogP contribution < -0.4 is 0 Å². The number of hydrogen-bond donors (Lipinski definition) is 0. The molecule has 2 nitrogen and oxygen atoms in total. The zero-order chi connectivity index (χ0) is 10.6. The van der Waals surface area contributed by atoms with Crippen LogP contribution in [0.15, 0.2) is 22.7 Å². The van der Waals surface area contributed by atoms with Crippen LogP contribution in [0.1, 0.15) is 16.9 Å². The van der Waals surface area contributed by atoms with Crippen LogP contribution in [0.25, 0.3) is 10.9 Å². The lowest BCUT2D eigenvalue weighted by Gasteiger charge is -2.01. The van der Waals surface area contributed by atoms with Gasteiger partial charge in [-0.1, -0.05) is 11.6 Å². The number of fused-ring (bicyclic) bond motifs is 3. The number of halogens is 2. The number of Topliss-reactive ketones (excluding diaryl/α,β-unsaturated/α-hetero) is 1. The van der Waals surface area contributed by atoms with Gasteiger partial charge in [0.25, 0.3) is 0 Å². The number of nitrogens with zero attached hydrogens (tertiary/aromatic N) is 1. The molecule has 76 valence electrons. The first-order valence-electron chi connectivity index (χ1n) is 4.69. The average molecular weight is 285 g/mol. The van der Waals surface area contributed by atoms with Gasteiger partial charge in [0, 0.05) is 28.3 Å². The summed E-state index contributed by atoms with van der Waals surface area (Å²) < 4.78 is 2.93. The summed E-state index contributed by atoms with van der Waals surface area (Å²) in [5, 5.41) is 1.70. The molecule has 0 saturated carbocycles. The van der Waals surface area contributed by atoms with E-state index in [1.165, 1.54) is 0 Å². The first kappa shape index (κ1) is 9.43. The van der Waals surface area contributed by atoms with Crippen LogP contribution in [0.4, 0.5) is 0 Å². The number of carbonyl (C=O) groups excluding carboxylic acids is 1. The third kappa shape index (κ3) is 1.20. The van der Waals surface area contributed by atoms with E-state index in [2.05, 4.69) is 20.5 Å². The number of ketones is 1. The normalized spacial score (nSPS) is 14.9. The van der Waals surface area contributed by atoms with Gasteiger partial charge in [0.15, 0.2) is 5.78 Å². The van der Waals surface area contributed by atoms with Crippen LogP contribution in [0.3, 0.4) is 0 Å². The lowest BCUT2D eigenvalue weighted by molar-refractivity contribution is 0.0994. The van der Waals surface area contributed by atoms with Crippen molar-refractivity contribution in [1.82, 2.24) is 4.57 Å². The Kier molecular flexibility index (Phi) is 1.94. The Morgan fingerprint density at radius 3 is 3.00 bits per heavy atom. The second-order valence-electron chi connectivity index (χ2n) is 3.65. The fourth-order valence-corrected chi connectivity index (χ4v) is 2.70. The Hall–Kier alpha value is -0.800. The van der Waals surface area contributed by atoms with E-state index in [9.17, 15) is 4.79 Å². The number of hydrogen-bond acceptors (Lipinski definition) is 1. The van der Waals surface area contributed by atoms with Crippen molar-refractivity contribution in [2.75, 3.05) is 0 Å². The van der Waals surface area contributed by atoms with Crippen molar-refractivity contribution < 1.29 is 4.79 Å². The molecule has 2 aromatic rings. The summed E-state index contributed by atoms with van der Waals surface area (Å²) in [5.74, 6) is 0.217. The molecule has 1 aliphatic heterocycles. The van der Waals surface area contributed by atoms with Gasteiger partial charge in [-0.05, 0) is 34.1 Å². The van der Waals surface area contributed by atoms with Crippen LogP contribution in [0.5, 0.6) is 0 Å². The first-order chi connectivity index (χ1) is 7.18. The van der Waals surface area contributed by atoms with E-state index >= 15 is 0 Å². The van der Waals surface area contributed by atoms with Crippen LogP contribution >= 0.6 is 27.5 Å². The maximum absolute atomic E-state index is 11.6. The van der Waals surface area contributed by atoms with E-state index in [4.69, 9.17) is 11.6 Å². The molecule has 1 aromatic heterocycles. The number of carbonyl (C=O) groups is 1. The molecule has 0 aliphatic carbocycles. The van der Waals surface area contributed by atoms with Crippen molar-refractivity contribution in [3.05, 3.63) is 33.4 Å². The Morgan fingerprint density at radius 2 is 2.20 bits per heavy atom. The zero-order valence-corrected chi connectivity index (χ0v) is 10.1. The Bertz CT molecular complexity index is 588. The molecule has 15 heavy (non-hydrogen) atoms. The maximum Gasteiger partial charge on any atom is 0.181 e. The molecule has 0 bridgehead atoms. The molecule has 0 spiro atoms. The number of aromatic nitrogens is 1. The Morgan fingerprint density at radius 1 is 1.40 bits per heavy atom. The lowest BCUT2D eigenvalue weighted by Crippen LogP contribution is -1.91. The van der Waals surface area contributed by atoms with E-state index in [0.717, 1.165) is 27.6 Å². The van der Waals surface area contributed by atoms with Crippen LogP contribution in [-0.2, 0) is 6.54 Å². The van der Waals surface area contributed by atoms with Gasteiger partial charge in [-0.3, -0.25) is 4.79 Å². The topological polar surface area (TPSA) is 22.0 Å². The molecule has 0 saturated heterocycles. The number of aryl methyl sites for hydroxylation is 1. The van der Waals surface area contributed by atoms with E-state index in [-0.39, 0.29) is 5.78 Å². The minimum absolute atomic E-state index is 0.217. The summed E-state index contributed by atoms with van der Waals surface area (Å²) in [7, 11) is 0. The van der Waals surface area contributed by atoms with Gasteiger partial charge in [-0.2, -0.15) is 0 Å². The summed E-state index contributed by atoms with van der Waals surface area (Å²) in [5.41, 5.74) is 1.88. The third-order valence-corrected chi connectivity index (χ3v) is 4.22. The third-order valence-electron chi connectivity index (χ3n) is 2.82. The molecule has 0 unspecified atom stereocenters. The minimum Gasteiger partial charge on any atom is -0.338 e. The molecule has 2 heterocycles. The van der Waals surface area contributed by atoms with E-state index in [1.54, 1.807) is 0 Å². The van der Waals surface area contributed by atoms with E-state index in [0.29, 0.717) is 11.4 Å². The van der Waals surface area contributed by atoms with Crippen LogP contribution in [-0.4, -0.2) is 10.4 Å². The molecule has 1 aromatic carbocycles. The monoisotopic (exact) mass is 283 g/mol. The molecule has 1 aliphatic rings. The molecule has 0 N–H and O–H groups in total. The van der Waals surface area contributed by atoms with Gasteiger partial charge < -0.3 is 4.57 Å². The predicted molar refractivity (Wildman–Crippen MR) is 63.6 cm³/mol. The SMILES string of the molecule is O=C1CCn2c1cc1c(Br)c(Cl)ccc12. The standard InChI is InChI=1S/C11H7BrClNO/c12-11-6-5-9-10(15)3-4-14(9)8(6)2-1-7(11)13/h1-2,5H,3-4H2. The van der Waals surface area contributed by atoms with Gasteiger partial charge in [-0.25, -0.2) is 0 Å². The van der Waals surface area contributed by atoms with Crippen molar-refractivity contribution in [1.29, 1.82) is 0 Å². The van der Waals surface area contributed by atoms with Gasteiger partial charge in [0.2, 0.25) is 0 Å². The van der Waals surface area contributed by atoms with Crippen molar-refractivity contribution >= 4 is 44.2 Å². The molecule has 0 fully saturated rings. The highest BCUT2D eigenvalue weighted by Crippen LogP contribution is 2.35. The Balaban J connectivity index is 2.44. The van der Waals surface area contributed by atoms with Gasteiger partial charge >= 0.3 is 0 Å². The fourth-order valence-electron chi connectivity index (χ4n) is 2.09. The molecule has 0 atom stereocenters. The van der Waals surface area contributed by atoms with Crippen molar-refractivity contribution in [2.24, 2.45) is 0 Å². The van der Waals surface area contributed by atoms with E-state index in [1.807, 2.05) is 18.2 Å². The second-order valence-corrected chi connectivity index (χ2v) is 4.85. The molecular weight excluding hydrogens is 277 g/mol. The summed E-state index contributed by atoms with van der Waals surface area (Å²) >= 11 is 9.45. The van der Waals surface area contributed by atoms with Crippen molar-refractivity contribution in [3.63, 3.8) is 0 Å². The predicted octanol–water partition coefficient (Wildman–Crippen LogP) is 3.64. The molecule has 0 amide bonds. The van der Waals surface area contributed by atoms with Crippen LogP contribution in [0.2, 0.25) is 5.02 Å². The highest BCUT2D eigenvalue weighted by molar-refractivity contribution is 9.10. The Labute approximate surface area is 100.0 Å². The quantitative estimate of drug-likeness (QED) is 0.724. The average Bonchev–Trinajstić information content (AvgIpc) is 2.74. The highest BCUT2D eigenvalue weighted by atomic mass is 79.9. The first-order valence-corrected chi connectivity index (χ1v) is 5.86. The lowest BCUT2D eigenvalue weighted by atomic mass is 10.2. The summed E-state index contributed by atoms with van der Waals surface area (Å²) in [6.07, 6.45) is 0.617. The molecule has 4 heteroatoms. The second kappa shape index (κ2) is 3.09. The van der Waals surface area contributed by atoms with Gasteiger partial charge in [0.1, 0.15) is 0 Å². The summed E-state index contributed by atoms with van der Waals surface area (Å²) in [6.45, 7) is 0.783. The maximum atomic E-state index is 11.6. The van der Waals surface area contributed by atoms with E-state index < -0.39 is 0 Å². The highest BCUT2D eigenvalue weighted by Gasteiger charge is 2.23. The van der Waals surface area contributed by atoms with Crippen LogP contribution in [0, 0.1) is 0 Å². The summed E-state index contributed by atoms with van der Waals surface area (Å²) in [6, 6.07) is 5.73. The van der Waals surface area contributed by atoms with Crippen molar-refractivity contribution in [3.8, 4) is 0 Å². The zero-order valence-electron chi connectivity index (χ0n) is 7.76. The van der Waals surface area contributed by atoms with Gasteiger partial charge in [0.05, 0.1) is 10.7 Å². The largest absolute Gasteiger partial charge is 0.338 e. The molecule has 3 rings (SSSR count). The molecule has 0 radical (unpaired) electrons. The number of benzene rings is 1. The summed E-state index contributed by atoms with van der Waals surface area (Å²) in [4.78, 5) is 11.6. The fraction of sp³-hybridized carbons (Fsp3) is 0.182. The van der Waals surface area contributed by atoms with Gasteiger partial charge in [-0.15, -0.1) is 0 Å². The smallest absolute Gasteiger partial charge is 0.181 e. The minimum atomic E-state index is 0.217. The number of rotatable bonds is 0. The molecular formula is C11H7BrClNO.